The number of hydrogen-bond acceptors (Lipinski definition) is 0. The van der Waals surface area contributed by atoms with Crippen molar-refractivity contribution in [1.29, 1.82) is 0 Å². The molecule has 0 atom stereocenters. The van der Waals surface area contributed by atoms with Gasteiger partial charge in [0, 0.05) is 11.8 Å². The van der Waals surface area contributed by atoms with Crippen molar-refractivity contribution in [3.05, 3.63) is 108 Å². The quantitative estimate of drug-likeness (QED) is 0.305. The highest BCUT2D eigenvalue weighted by atomic mass is 35.5. The van der Waals surface area contributed by atoms with Gasteiger partial charge in [-0.3, -0.25) is 0 Å². The Labute approximate surface area is 179 Å². The fraction of sp³-hybridized carbons (Fsp3) is 0.333. The second-order valence-corrected chi connectivity index (χ2v) is 5.22. The highest BCUT2D eigenvalue weighted by molar-refractivity contribution is 6.15. The van der Waals surface area contributed by atoms with Crippen LogP contribution in [0.2, 0.25) is 0 Å². The largest absolute Gasteiger partial charge is 0.130 e. The molecule has 0 radical (unpaired) electrons. The van der Waals surface area contributed by atoms with Crippen LogP contribution < -0.4 is 0 Å². The van der Waals surface area contributed by atoms with Crippen LogP contribution in [0.15, 0.2) is 91.0 Å². The van der Waals surface area contributed by atoms with E-state index in [4.69, 9.17) is 0 Å². The molecule has 0 aliphatic rings. The van der Waals surface area contributed by atoms with Crippen LogP contribution in [0.3, 0.4) is 0 Å². The van der Waals surface area contributed by atoms with Crippen molar-refractivity contribution in [2.75, 3.05) is 6.38 Å². The van der Waals surface area contributed by atoms with E-state index in [2.05, 4.69) is 110 Å². The van der Waals surface area contributed by atoms with E-state index in [1.165, 1.54) is 23.1 Å². The summed E-state index contributed by atoms with van der Waals surface area (Å²) in [6, 6.07) is 32.1. The molecule has 0 N–H and O–H groups in total. The van der Waals surface area contributed by atoms with Crippen molar-refractivity contribution in [2.24, 2.45) is 0 Å². The fourth-order valence-electron chi connectivity index (χ4n) is 2.81. The summed E-state index contributed by atoms with van der Waals surface area (Å²) in [6.45, 7) is 14.3. The van der Waals surface area contributed by atoms with E-state index in [-0.39, 0.29) is 5.41 Å². The van der Waals surface area contributed by atoms with Crippen LogP contribution in [0.1, 0.15) is 65.2 Å². The van der Waals surface area contributed by atoms with Gasteiger partial charge in [0.1, 0.15) is 0 Å². The Bertz CT molecular complexity index is 564. The zero-order valence-corrected chi connectivity index (χ0v) is 19.8. The lowest BCUT2D eigenvalue weighted by molar-refractivity contribution is 0.692. The van der Waals surface area contributed by atoms with Crippen molar-refractivity contribution >= 4 is 11.6 Å². The second kappa shape index (κ2) is 18.3. The molecule has 0 saturated carbocycles. The molecule has 0 aliphatic carbocycles. The molecule has 0 nitrogen and oxygen atoms in total. The Hall–Kier alpha value is -2.05. The van der Waals surface area contributed by atoms with Gasteiger partial charge in [-0.1, -0.05) is 133 Å². The van der Waals surface area contributed by atoms with Gasteiger partial charge in [0.25, 0.3) is 0 Å². The summed E-state index contributed by atoms with van der Waals surface area (Å²) < 4.78 is 0. The lowest BCUT2D eigenvalue weighted by Crippen LogP contribution is -2.25. The lowest BCUT2D eigenvalue weighted by Gasteiger charge is -2.31. The Morgan fingerprint density at radius 1 is 0.429 bits per heavy atom. The topological polar surface area (TPSA) is 0 Å². The van der Waals surface area contributed by atoms with Crippen LogP contribution in [-0.2, 0) is 5.41 Å². The predicted octanol–water partition coefficient (Wildman–Crippen LogP) is 8.97. The van der Waals surface area contributed by atoms with E-state index in [0.717, 1.165) is 0 Å². The van der Waals surface area contributed by atoms with Crippen molar-refractivity contribution < 1.29 is 0 Å². The average Bonchev–Trinajstić information content (AvgIpc) is 2.85. The van der Waals surface area contributed by atoms with Gasteiger partial charge in [0.2, 0.25) is 0 Å². The van der Waals surface area contributed by atoms with Crippen molar-refractivity contribution in [1.82, 2.24) is 0 Å². The fourth-order valence-corrected chi connectivity index (χ4v) is 2.81. The van der Waals surface area contributed by atoms with Crippen molar-refractivity contribution in [3.63, 3.8) is 0 Å². The zero-order chi connectivity index (χ0) is 21.8. The molecule has 0 spiro atoms. The molecule has 3 aromatic carbocycles. The summed E-state index contributed by atoms with van der Waals surface area (Å²) >= 11 is 4.64. The van der Waals surface area contributed by atoms with E-state index >= 15 is 0 Å². The molecule has 0 saturated heterocycles. The summed E-state index contributed by atoms with van der Waals surface area (Å²) in [5.74, 6) is 0. The molecule has 0 aromatic heterocycles. The molecule has 0 fully saturated rings. The Morgan fingerprint density at radius 2 is 0.607 bits per heavy atom. The van der Waals surface area contributed by atoms with E-state index in [9.17, 15) is 0 Å². The average molecular weight is 399 g/mol. The van der Waals surface area contributed by atoms with Crippen molar-refractivity contribution in [2.45, 2.75) is 53.9 Å². The van der Waals surface area contributed by atoms with Gasteiger partial charge in [-0.2, -0.15) is 0 Å². The number of hydrogen-bond donors (Lipinski definition) is 0. The highest BCUT2D eigenvalue weighted by Gasteiger charge is 2.30. The van der Waals surface area contributed by atoms with Crippen LogP contribution in [0, 0.1) is 0 Å². The van der Waals surface area contributed by atoms with Gasteiger partial charge in [-0.25, -0.2) is 0 Å². The number of benzene rings is 3. The zero-order valence-electron chi connectivity index (χ0n) is 19.0. The standard InChI is InChI=1S/C20H18.3C2H6.CH3Cl/c1-20(17-11-5-2-6-12-17,18-13-7-3-8-14-18)19-15-9-4-10-16-19;4*1-2/h2-16H,1H3;3*1-2H3;1H3. The SMILES string of the molecule is CC.CC.CC.CC(c1ccccc1)(c1ccccc1)c1ccccc1.CCl. The first-order chi connectivity index (χ1) is 13.8. The third-order valence-electron chi connectivity index (χ3n) is 4.05. The molecule has 3 aromatic rings. The van der Waals surface area contributed by atoms with Crippen molar-refractivity contribution in [3.8, 4) is 0 Å². The van der Waals surface area contributed by atoms with E-state index in [1.807, 2.05) is 41.5 Å². The van der Waals surface area contributed by atoms with E-state index in [1.54, 1.807) is 0 Å². The van der Waals surface area contributed by atoms with E-state index in [0.29, 0.717) is 0 Å². The molecular formula is C27H39Cl. The number of halogens is 1. The van der Waals surface area contributed by atoms with Crippen LogP contribution in [-0.4, -0.2) is 6.38 Å². The summed E-state index contributed by atoms with van der Waals surface area (Å²) in [5.41, 5.74) is 3.83. The van der Waals surface area contributed by atoms with Gasteiger partial charge in [-0.15, -0.1) is 11.6 Å². The normalized spacial score (nSPS) is 8.89. The van der Waals surface area contributed by atoms with Gasteiger partial charge in [-0.05, 0) is 23.6 Å². The van der Waals surface area contributed by atoms with Crippen LogP contribution in [0.5, 0.6) is 0 Å². The molecule has 0 amide bonds. The molecule has 154 valence electrons. The molecule has 0 unspecified atom stereocenters. The van der Waals surface area contributed by atoms with Crippen LogP contribution >= 0.6 is 11.6 Å². The number of alkyl halides is 1. The molecule has 1 heteroatoms. The summed E-state index contributed by atoms with van der Waals surface area (Å²) in [5, 5.41) is 0. The minimum atomic E-state index is -0.121. The monoisotopic (exact) mass is 398 g/mol. The lowest BCUT2D eigenvalue weighted by atomic mass is 9.71. The molecular weight excluding hydrogens is 360 g/mol. The van der Waals surface area contributed by atoms with Crippen LogP contribution in [0.4, 0.5) is 0 Å². The highest BCUT2D eigenvalue weighted by Crippen LogP contribution is 2.38. The minimum Gasteiger partial charge on any atom is -0.130 e. The predicted molar refractivity (Wildman–Crippen MR) is 131 cm³/mol. The molecule has 28 heavy (non-hydrogen) atoms. The van der Waals surface area contributed by atoms with Gasteiger partial charge < -0.3 is 0 Å². The molecule has 0 bridgehead atoms. The maximum absolute atomic E-state index is 4.64. The third-order valence-corrected chi connectivity index (χ3v) is 4.05. The first-order valence-corrected chi connectivity index (χ1v) is 11.1. The first-order valence-electron chi connectivity index (χ1n) is 10.4. The third kappa shape index (κ3) is 7.90. The Balaban J connectivity index is 0. The molecule has 0 aliphatic heterocycles. The van der Waals surface area contributed by atoms with Gasteiger partial charge in [0.05, 0.1) is 0 Å². The number of rotatable bonds is 3. The van der Waals surface area contributed by atoms with E-state index < -0.39 is 0 Å². The summed E-state index contributed by atoms with van der Waals surface area (Å²) in [4.78, 5) is 0. The Kier molecular flexibility index (Phi) is 18.4. The molecule has 0 heterocycles. The molecule has 3 rings (SSSR count). The smallest absolute Gasteiger partial charge is 0.0423 e. The van der Waals surface area contributed by atoms with Crippen LogP contribution in [0.25, 0.3) is 0 Å². The summed E-state index contributed by atoms with van der Waals surface area (Å²) in [6.07, 6.45) is 1.47. The Morgan fingerprint density at radius 3 is 0.786 bits per heavy atom. The van der Waals surface area contributed by atoms with Gasteiger partial charge in [0.15, 0.2) is 0 Å². The second-order valence-electron chi connectivity index (χ2n) is 5.22. The van der Waals surface area contributed by atoms with Gasteiger partial charge >= 0.3 is 0 Å². The first kappa shape index (κ1) is 28.2. The maximum atomic E-state index is 4.64. The summed E-state index contributed by atoms with van der Waals surface area (Å²) in [7, 11) is 0. The minimum absolute atomic E-state index is 0.121. The maximum Gasteiger partial charge on any atom is 0.0423 e.